The first kappa shape index (κ1) is 15.3. The van der Waals surface area contributed by atoms with Crippen molar-refractivity contribution in [3.8, 4) is 0 Å². The molecule has 1 unspecified atom stereocenters. The molecule has 1 aromatic carbocycles. The van der Waals surface area contributed by atoms with E-state index in [9.17, 15) is 9.59 Å². The van der Waals surface area contributed by atoms with E-state index >= 15 is 0 Å². The van der Waals surface area contributed by atoms with Gasteiger partial charge in [-0.1, -0.05) is 18.2 Å². The van der Waals surface area contributed by atoms with Crippen LogP contribution in [0, 0.1) is 0 Å². The molecule has 0 saturated heterocycles. The normalized spacial score (nSPS) is 12.1. The largest absolute Gasteiger partial charge is 0.481 e. The monoisotopic (exact) mass is 306 g/mol. The Bertz CT molecular complexity index is 620. The number of hydrogen-bond donors (Lipinski definition) is 2. The van der Waals surface area contributed by atoms with E-state index in [-0.39, 0.29) is 25.0 Å². The molecule has 2 aromatic rings. The molecule has 2 rings (SSSR count). The summed E-state index contributed by atoms with van der Waals surface area (Å²) in [6.07, 6.45) is -0.0544. The van der Waals surface area contributed by atoms with Gasteiger partial charge in [0.2, 0.25) is 0 Å². The second-order valence-electron chi connectivity index (χ2n) is 4.92. The van der Waals surface area contributed by atoms with Gasteiger partial charge in [-0.15, -0.1) is 11.3 Å². The SMILES string of the molecule is CC(NC(=O)N(C)CCC(=O)O)c1cc2ccccc2s1. The Morgan fingerprint density at radius 3 is 2.76 bits per heavy atom. The van der Waals surface area contributed by atoms with E-state index in [1.807, 2.05) is 25.1 Å². The summed E-state index contributed by atoms with van der Waals surface area (Å²) in [5, 5.41) is 12.7. The number of thiophene rings is 1. The van der Waals surface area contributed by atoms with Crippen molar-refractivity contribution in [1.29, 1.82) is 0 Å². The van der Waals surface area contributed by atoms with Crippen LogP contribution in [-0.2, 0) is 4.79 Å². The van der Waals surface area contributed by atoms with Crippen molar-refractivity contribution in [3.63, 3.8) is 0 Å². The van der Waals surface area contributed by atoms with Gasteiger partial charge in [0.05, 0.1) is 12.5 Å². The lowest BCUT2D eigenvalue weighted by molar-refractivity contribution is -0.137. The smallest absolute Gasteiger partial charge is 0.317 e. The van der Waals surface area contributed by atoms with Crippen LogP contribution in [0.25, 0.3) is 10.1 Å². The molecule has 0 aliphatic rings. The zero-order chi connectivity index (χ0) is 15.4. The number of fused-ring (bicyclic) bond motifs is 1. The van der Waals surface area contributed by atoms with Crippen LogP contribution in [0.1, 0.15) is 24.3 Å². The highest BCUT2D eigenvalue weighted by molar-refractivity contribution is 7.19. The third-order valence-electron chi connectivity index (χ3n) is 3.22. The number of urea groups is 1. The lowest BCUT2D eigenvalue weighted by atomic mass is 10.2. The standard InChI is InChI=1S/C15H18N2O3S/c1-10(16-15(20)17(2)8-7-14(18)19)13-9-11-5-3-4-6-12(11)21-13/h3-6,9-10H,7-8H2,1-2H3,(H,16,20)(H,18,19). The summed E-state index contributed by atoms with van der Waals surface area (Å²) < 4.78 is 1.19. The van der Waals surface area contributed by atoms with Gasteiger partial charge >= 0.3 is 12.0 Å². The van der Waals surface area contributed by atoms with E-state index in [4.69, 9.17) is 5.11 Å². The fourth-order valence-corrected chi connectivity index (χ4v) is 3.01. The Balaban J connectivity index is 1.98. The van der Waals surface area contributed by atoms with Gasteiger partial charge in [-0.05, 0) is 24.4 Å². The molecule has 2 amide bonds. The number of carboxylic acids is 1. The number of nitrogens with one attached hydrogen (secondary N) is 1. The fourth-order valence-electron chi connectivity index (χ4n) is 1.95. The number of carbonyl (C=O) groups is 2. The lowest BCUT2D eigenvalue weighted by Crippen LogP contribution is -2.39. The molecule has 5 nitrogen and oxygen atoms in total. The molecule has 0 radical (unpaired) electrons. The van der Waals surface area contributed by atoms with E-state index < -0.39 is 5.97 Å². The van der Waals surface area contributed by atoms with Gasteiger partial charge in [-0.2, -0.15) is 0 Å². The average Bonchev–Trinajstić information content (AvgIpc) is 2.88. The number of hydrogen-bond acceptors (Lipinski definition) is 3. The third kappa shape index (κ3) is 3.95. The predicted octanol–water partition coefficient (Wildman–Crippen LogP) is 3.08. The molecular weight excluding hydrogens is 288 g/mol. The lowest BCUT2D eigenvalue weighted by Gasteiger charge is -2.20. The predicted molar refractivity (Wildman–Crippen MR) is 83.7 cm³/mol. The van der Waals surface area contributed by atoms with Crippen molar-refractivity contribution in [2.75, 3.05) is 13.6 Å². The minimum Gasteiger partial charge on any atom is -0.481 e. The van der Waals surface area contributed by atoms with Crippen molar-refractivity contribution >= 4 is 33.4 Å². The average molecular weight is 306 g/mol. The molecule has 1 atom stereocenters. The summed E-state index contributed by atoms with van der Waals surface area (Å²) in [6.45, 7) is 2.12. The first-order chi connectivity index (χ1) is 9.97. The quantitative estimate of drug-likeness (QED) is 0.892. The van der Waals surface area contributed by atoms with Gasteiger partial charge < -0.3 is 15.3 Å². The molecule has 21 heavy (non-hydrogen) atoms. The zero-order valence-electron chi connectivity index (χ0n) is 12.0. The maximum Gasteiger partial charge on any atom is 0.317 e. The topological polar surface area (TPSA) is 69.6 Å². The van der Waals surface area contributed by atoms with Crippen molar-refractivity contribution in [1.82, 2.24) is 10.2 Å². The number of carboxylic acid groups (broad SMARTS) is 1. The van der Waals surface area contributed by atoms with Crippen molar-refractivity contribution in [2.45, 2.75) is 19.4 Å². The number of nitrogens with zero attached hydrogens (tertiary/aromatic N) is 1. The van der Waals surface area contributed by atoms with Crippen LogP contribution >= 0.6 is 11.3 Å². The summed E-state index contributed by atoms with van der Waals surface area (Å²) in [4.78, 5) is 25.0. The molecule has 6 heteroatoms. The maximum absolute atomic E-state index is 12.0. The van der Waals surface area contributed by atoms with Crippen LogP contribution in [0.15, 0.2) is 30.3 Å². The molecule has 0 saturated carbocycles. The highest BCUT2D eigenvalue weighted by atomic mass is 32.1. The molecule has 0 bridgehead atoms. The summed E-state index contributed by atoms with van der Waals surface area (Å²) >= 11 is 1.65. The second kappa shape index (κ2) is 6.58. The molecule has 1 aromatic heterocycles. The zero-order valence-corrected chi connectivity index (χ0v) is 12.8. The Morgan fingerprint density at radius 1 is 1.38 bits per heavy atom. The van der Waals surface area contributed by atoms with Crippen molar-refractivity contribution in [3.05, 3.63) is 35.2 Å². The molecule has 0 aliphatic carbocycles. The summed E-state index contributed by atoms with van der Waals surface area (Å²) in [5.74, 6) is -0.910. The van der Waals surface area contributed by atoms with Gasteiger partial charge in [0.1, 0.15) is 0 Å². The molecule has 112 valence electrons. The Morgan fingerprint density at radius 2 is 2.10 bits per heavy atom. The van der Waals surface area contributed by atoms with Crippen LogP contribution in [0.5, 0.6) is 0 Å². The third-order valence-corrected chi connectivity index (χ3v) is 4.52. The Labute approximate surface area is 127 Å². The van der Waals surface area contributed by atoms with Crippen LogP contribution in [0.4, 0.5) is 4.79 Å². The van der Waals surface area contributed by atoms with Crippen molar-refractivity contribution < 1.29 is 14.7 Å². The molecule has 0 aliphatic heterocycles. The summed E-state index contributed by atoms with van der Waals surface area (Å²) in [7, 11) is 1.59. The summed E-state index contributed by atoms with van der Waals surface area (Å²) in [5.41, 5.74) is 0. The first-order valence-electron chi connectivity index (χ1n) is 6.69. The summed E-state index contributed by atoms with van der Waals surface area (Å²) in [6, 6.07) is 9.78. The van der Waals surface area contributed by atoms with E-state index in [0.29, 0.717) is 0 Å². The van der Waals surface area contributed by atoms with E-state index in [2.05, 4.69) is 17.4 Å². The van der Waals surface area contributed by atoms with Gasteiger partial charge in [0.25, 0.3) is 0 Å². The van der Waals surface area contributed by atoms with Crippen LogP contribution in [-0.4, -0.2) is 35.6 Å². The van der Waals surface area contributed by atoms with Crippen LogP contribution in [0.3, 0.4) is 0 Å². The molecule has 1 heterocycles. The number of amides is 2. The van der Waals surface area contributed by atoms with Crippen LogP contribution in [0.2, 0.25) is 0 Å². The molecule has 0 fully saturated rings. The fraction of sp³-hybridized carbons (Fsp3) is 0.333. The first-order valence-corrected chi connectivity index (χ1v) is 7.51. The number of carbonyl (C=O) groups excluding carboxylic acids is 1. The van der Waals surface area contributed by atoms with E-state index in [1.165, 1.54) is 9.60 Å². The van der Waals surface area contributed by atoms with E-state index in [1.54, 1.807) is 18.4 Å². The number of aliphatic carboxylic acids is 1. The second-order valence-corrected chi connectivity index (χ2v) is 6.04. The molecular formula is C15H18N2O3S. The Kier molecular flexibility index (Phi) is 4.80. The highest BCUT2D eigenvalue weighted by Gasteiger charge is 2.15. The van der Waals surface area contributed by atoms with Gasteiger partial charge in [-0.3, -0.25) is 4.79 Å². The number of benzene rings is 1. The minimum atomic E-state index is -0.910. The van der Waals surface area contributed by atoms with E-state index in [0.717, 1.165) is 10.3 Å². The van der Waals surface area contributed by atoms with Gasteiger partial charge in [0.15, 0.2) is 0 Å². The number of rotatable bonds is 5. The Hall–Kier alpha value is -2.08. The van der Waals surface area contributed by atoms with Gasteiger partial charge in [0, 0.05) is 23.2 Å². The molecule has 2 N–H and O–H groups in total. The highest BCUT2D eigenvalue weighted by Crippen LogP contribution is 2.29. The van der Waals surface area contributed by atoms with Crippen LogP contribution < -0.4 is 5.32 Å². The van der Waals surface area contributed by atoms with Gasteiger partial charge in [-0.25, -0.2) is 4.79 Å². The molecule has 0 spiro atoms. The minimum absolute atomic E-state index is 0.0544. The maximum atomic E-state index is 12.0. The van der Waals surface area contributed by atoms with Crippen molar-refractivity contribution in [2.24, 2.45) is 0 Å².